The Labute approximate surface area is 121 Å². The second-order valence-corrected chi connectivity index (χ2v) is 6.39. The van der Waals surface area contributed by atoms with E-state index in [1.165, 1.54) is 5.56 Å². The summed E-state index contributed by atoms with van der Waals surface area (Å²) in [6.07, 6.45) is 4.50. The minimum absolute atomic E-state index is 0.0400. The number of rotatable bonds is 5. The minimum Gasteiger partial charge on any atom is -0.329 e. The van der Waals surface area contributed by atoms with Gasteiger partial charge in [0, 0.05) is 18.5 Å². The molecule has 0 aromatic carbocycles. The zero-order chi connectivity index (χ0) is 13.5. The SMILES string of the molecule is O=C(c1n[nH]c(C2CC2)n1)N(Cc1ccsc1)C1CC1. The number of hydrogen-bond acceptors (Lipinski definition) is 4. The molecule has 0 bridgehead atoms. The van der Waals surface area contributed by atoms with Gasteiger partial charge in [0.15, 0.2) is 0 Å². The lowest BCUT2D eigenvalue weighted by atomic mass is 10.3. The molecule has 104 valence electrons. The Morgan fingerprint density at radius 1 is 1.40 bits per heavy atom. The van der Waals surface area contributed by atoms with Crippen molar-refractivity contribution >= 4 is 17.2 Å². The molecule has 0 spiro atoms. The van der Waals surface area contributed by atoms with Gasteiger partial charge in [0.2, 0.25) is 5.82 Å². The number of aromatic nitrogens is 3. The molecule has 2 saturated carbocycles. The van der Waals surface area contributed by atoms with Crippen LogP contribution in [0.3, 0.4) is 0 Å². The highest BCUT2D eigenvalue weighted by molar-refractivity contribution is 7.07. The molecule has 1 N–H and O–H groups in total. The fraction of sp³-hybridized carbons (Fsp3) is 0.500. The van der Waals surface area contributed by atoms with E-state index in [2.05, 4.69) is 26.6 Å². The summed E-state index contributed by atoms with van der Waals surface area (Å²) in [4.78, 5) is 18.9. The molecule has 4 rings (SSSR count). The van der Waals surface area contributed by atoms with Gasteiger partial charge in [-0.2, -0.15) is 11.3 Å². The first-order valence-corrected chi connectivity index (χ1v) is 8.00. The highest BCUT2D eigenvalue weighted by atomic mass is 32.1. The standard InChI is InChI=1S/C14H16N4OS/c19-14(13-15-12(16-17-13)10-1-2-10)18(11-3-4-11)7-9-5-6-20-8-9/h5-6,8,10-11H,1-4,7H2,(H,15,16,17). The summed E-state index contributed by atoms with van der Waals surface area (Å²) >= 11 is 1.66. The Bertz CT molecular complexity index is 613. The maximum atomic E-state index is 12.6. The van der Waals surface area contributed by atoms with Crippen LogP contribution in [0.2, 0.25) is 0 Å². The molecule has 2 fully saturated rings. The first kappa shape index (κ1) is 12.1. The maximum absolute atomic E-state index is 12.6. The number of aromatic amines is 1. The Hall–Kier alpha value is -1.69. The van der Waals surface area contributed by atoms with Gasteiger partial charge in [-0.15, -0.1) is 5.10 Å². The average molecular weight is 288 g/mol. The van der Waals surface area contributed by atoms with Crippen molar-refractivity contribution in [3.63, 3.8) is 0 Å². The topological polar surface area (TPSA) is 61.9 Å². The molecule has 0 aliphatic heterocycles. The van der Waals surface area contributed by atoms with E-state index < -0.39 is 0 Å². The Morgan fingerprint density at radius 2 is 2.25 bits per heavy atom. The normalized spacial score (nSPS) is 18.2. The van der Waals surface area contributed by atoms with E-state index in [1.807, 2.05) is 10.3 Å². The van der Waals surface area contributed by atoms with Crippen molar-refractivity contribution < 1.29 is 4.79 Å². The van der Waals surface area contributed by atoms with Crippen LogP contribution < -0.4 is 0 Å². The van der Waals surface area contributed by atoms with Crippen molar-refractivity contribution in [2.24, 2.45) is 0 Å². The van der Waals surface area contributed by atoms with Crippen LogP contribution in [0.25, 0.3) is 0 Å². The first-order valence-electron chi connectivity index (χ1n) is 7.05. The van der Waals surface area contributed by atoms with Crippen LogP contribution in [0, 0.1) is 0 Å². The molecule has 0 radical (unpaired) electrons. The zero-order valence-corrected chi connectivity index (χ0v) is 11.9. The molecule has 20 heavy (non-hydrogen) atoms. The summed E-state index contributed by atoms with van der Waals surface area (Å²) in [6.45, 7) is 0.667. The Balaban J connectivity index is 1.53. The van der Waals surface area contributed by atoms with Crippen LogP contribution in [0.4, 0.5) is 0 Å². The van der Waals surface area contributed by atoms with Gasteiger partial charge in [0.25, 0.3) is 5.91 Å². The van der Waals surface area contributed by atoms with E-state index >= 15 is 0 Å². The summed E-state index contributed by atoms with van der Waals surface area (Å²) in [6, 6.07) is 2.44. The fourth-order valence-electron chi connectivity index (χ4n) is 2.37. The molecule has 2 aliphatic carbocycles. The van der Waals surface area contributed by atoms with Crippen LogP contribution in [-0.2, 0) is 6.54 Å². The predicted octanol–water partition coefficient (Wildman–Crippen LogP) is 2.55. The largest absolute Gasteiger partial charge is 0.329 e. The van der Waals surface area contributed by atoms with E-state index in [1.54, 1.807) is 11.3 Å². The highest BCUT2D eigenvalue weighted by Crippen LogP contribution is 2.38. The lowest BCUT2D eigenvalue weighted by Crippen LogP contribution is -2.33. The van der Waals surface area contributed by atoms with Crippen LogP contribution >= 0.6 is 11.3 Å². The van der Waals surface area contributed by atoms with Gasteiger partial charge in [-0.25, -0.2) is 4.98 Å². The number of nitrogens with one attached hydrogen (secondary N) is 1. The maximum Gasteiger partial charge on any atom is 0.294 e. The lowest BCUT2D eigenvalue weighted by molar-refractivity contribution is 0.0718. The van der Waals surface area contributed by atoms with E-state index in [0.717, 1.165) is 31.5 Å². The second kappa shape index (κ2) is 4.70. The summed E-state index contributed by atoms with van der Waals surface area (Å²) in [5, 5.41) is 11.2. The Kier molecular flexibility index (Phi) is 2.84. The van der Waals surface area contributed by atoms with E-state index in [4.69, 9.17) is 0 Å². The molecule has 5 nitrogen and oxygen atoms in total. The lowest BCUT2D eigenvalue weighted by Gasteiger charge is -2.20. The number of carbonyl (C=O) groups is 1. The quantitative estimate of drug-likeness (QED) is 0.919. The third-order valence-corrected chi connectivity index (χ3v) is 4.57. The number of thiophene rings is 1. The van der Waals surface area contributed by atoms with Crippen LogP contribution in [0.15, 0.2) is 16.8 Å². The minimum atomic E-state index is -0.0400. The molecule has 0 atom stereocenters. The van der Waals surface area contributed by atoms with Gasteiger partial charge >= 0.3 is 0 Å². The summed E-state index contributed by atoms with van der Waals surface area (Å²) in [5.74, 6) is 1.66. The molecule has 6 heteroatoms. The molecule has 0 saturated heterocycles. The number of nitrogens with zero attached hydrogens (tertiary/aromatic N) is 3. The number of amides is 1. The van der Waals surface area contributed by atoms with Crippen LogP contribution in [0.1, 0.15) is 53.6 Å². The molecule has 1 amide bonds. The molecular weight excluding hydrogens is 272 g/mol. The molecule has 0 unspecified atom stereocenters. The number of H-pyrrole nitrogens is 1. The van der Waals surface area contributed by atoms with Gasteiger partial charge < -0.3 is 4.90 Å². The molecule has 2 aromatic heterocycles. The fourth-order valence-corrected chi connectivity index (χ4v) is 3.03. The third-order valence-electron chi connectivity index (χ3n) is 3.84. The average Bonchev–Trinajstić information content (AvgIpc) is 3.39. The monoisotopic (exact) mass is 288 g/mol. The van der Waals surface area contributed by atoms with Crippen LogP contribution in [0.5, 0.6) is 0 Å². The van der Waals surface area contributed by atoms with E-state index in [9.17, 15) is 4.79 Å². The van der Waals surface area contributed by atoms with Crippen molar-refractivity contribution in [2.45, 2.75) is 44.2 Å². The summed E-state index contributed by atoms with van der Waals surface area (Å²) in [7, 11) is 0. The summed E-state index contributed by atoms with van der Waals surface area (Å²) in [5.41, 5.74) is 1.19. The molecule has 2 aliphatic rings. The van der Waals surface area contributed by atoms with Crippen molar-refractivity contribution in [3.05, 3.63) is 34.0 Å². The first-order chi connectivity index (χ1) is 9.81. The molecular formula is C14H16N4OS. The van der Waals surface area contributed by atoms with Gasteiger partial charge in [-0.1, -0.05) is 0 Å². The summed E-state index contributed by atoms with van der Waals surface area (Å²) < 4.78 is 0. The third kappa shape index (κ3) is 2.35. The molecule has 2 aromatic rings. The van der Waals surface area contributed by atoms with Crippen LogP contribution in [-0.4, -0.2) is 32.0 Å². The smallest absolute Gasteiger partial charge is 0.294 e. The van der Waals surface area contributed by atoms with Crippen molar-refractivity contribution in [2.75, 3.05) is 0 Å². The highest BCUT2D eigenvalue weighted by Gasteiger charge is 2.35. The predicted molar refractivity (Wildman–Crippen MR) is 75.6 cm³/mol. The van der Waals surface area contributed by atoms with Crippen molar-refractivity contribution in [1.82, 2.24) is 20.1 Å². The van der Waals surface area contributed by atoms with Gasteiger partial charge in [0.05, 0.1) is 0 Å². The zero-order valence-electron chi connectivity index (χ0n) is 11.1. The molecule has 2 heterocycles. The van der Waals surface area contributed by atoms with Gasteiger partial charge in [0.1, 0.15) is 5.82 Å². The van der Waals surface area contributed by atoms with Crippen molar-refractivity contribution in [1.29, 1.82) is 0 Å². The number of carbonyl (C=O) groups excluding carboxylic acids is 1. The second-order valence-electron chi connectivity index (χ2n) is 5.61. The Morgan fingerprint density at radius 3 is 2.90 bits per heavy atom. The van der Waals surface area contributed by atoms with Gasteiger partial charge in [-0.05, 0) is 48.1 Å². The van der Waals surface area contributed by atoms with E-state index in [0.29, 0.717) is 24.3 Å². The van der Waals surface area contributed by atoms with E-state index in [-0.39, 0.29) is 5.91 Å². The van der Waals surface area contributed by atoms with Crippen molar-refractivity contribution in [3.8, 4) is 0 Å². The number of hydrogen-bond donors (Lipinski definition) is 1. The van der Waals surface area contributed by atoms with Gasteiger partial charge in [-0.3, -0.25) is 9.89 Å².